The first-order valence-corrected chi connectivity index (χ1v) is 8.24. The highest BCUT2D eigenvalue weighted by molar-refractivity contribution is 7.89. The molecule has 1 aromatic rings. The molecule has 21 heavy (non-hydrogen) atoms. The van der Waals surface area contributed by atoms with Crippen LogP contribution in [0.1, 0.15) is 25.8 Å². The SMILES string of the molecule is CCCNC(=O)[C@H](C)NS(=O)(=O)c1ccc(OC)c(C)c1. The molecule has 0 spiro atoms. The van der Waals surface area contributed by atoms with Gasteiger partial charge in [0.2, 0.25) is 15.9 Å². The number of amides is 1. The average Bonchev–Trinajstić information content (AvgIpc) is 2.44. The van der Waals surface area contributed by atoms with E-state index in [1.54, 1.807) is 13.0 Å². The minimum absolute atomic E-state index is 0.107. The van der Waals surface area contributed by atoms with Gasteiger partial charge in [-0.3, -0.25) is 4.79 Å². The van der Waals surface area contributed by atoms with Crippen molar-refractivity contribution in [1.29, 1.82) is 0 Å². The first-order valence-electron chi connectivity index (χ1n) is 6.76. The van der Waals surface area contributed by atoms with Gasteiger partial charge in [0.15, 0.2) is 0 Å². The Morgan fingerprint density at radius 1 is 1.38 bits per heavy atom. The first kappa shape index (κ1) is 17.5. The van der Waals surface area contributed by atoms with Crippen LogP contribution in [0.4, 0.5) is 0 Å². The summed E-state index contributed by atoms with van der Waals surface area (Å²) in [6.07, 6.45) is 0.795. The lowest BCUT2D eigenvalue weighted by molar-refractivity contribution is -0.122. The predicted octanol–water partition coefficient (Wildman–Crippen LogP) is 1.20. The van der Waals surface area contributed by atoms with Gasteiger partial charge in [0.05, 0.1) is 18.0 Å². The topological polar surface area (TPSA) is 84.5 Å². The third kappa shape index (κ3) is 4.71. The van der Waals surface area contributed by atoms with Crippen molar-refractivity contribution in [3.63, 3.8) is 0 Å². The summed E-state index contributed by atoms with van der Waals surface area (Å²) in [5.41, 5.74) is 0.712. The van der Waals surface area contributed by atoms with E-state index in [4.69, 9.17) is 4.74 Å². The highest BCUT2D eigenvalue weighted by Crippen LogP contribution is 2.21. The number of aryl methyl sites for hydroxylation is 1. The van der Waals surface area contributed by atoms with E-state index in [9.17, 15) is 13.2 Å². The van der Waals surface area contributed by atoms with E-state index in [1.807, 2.05) is 6.92 Å². The monoisotopic (exact) mass is 314 g/mol. The molecule has 1 amide bonds. The molecule has 1 atom stereocenters. The fourth-order valence-corrected chi connectivity index (χ4v) is 3.06. The average molecular weight is 314 g/mol. The molecule has 0 radical (unpaired) electrons. The fourth-order valence-electron chi connectivity index (χ4n) is 1.77. The molecule has 2 N–H and O–H groups in total. The summed E-state index contributed by atoms with van der Waals surface area (Å²) >= 11 is 0. The van der Waals surface area contributed by atoms with Gasteiger partial charge in [0.1, 0.15) is 5.75 Å². The number of methoxy groups -OCH3 is 1. The Kier molecular flexibility index (Phi) is 6.17. The molecule has 1 aromatic carbocycles. The van der Waals surface area contributed by atoms with Gasteiger partial charge >= 0.3 is 0 Å². The second-order valence-electron chi connectivity index (χ2n) is 4.77. The maximum atomic E-state index is 12.2. The number of sulfonamides is 1. The molecule has 0 saturated carbocycles. The number of carbonyl (C=O) groups is 1. The highest BCUT2D eigenvalue weighted by Gasteiger charge is 2.22. The van der Waals surface area contributed by atoms with Crippen LogP contribution in [0.15, 0.2) is 23.1 Å². The standard InChI is InChI=1S/C14H22N2O4S/c1-5-8-15-14(17)11(3)16-21(18,19)12-6-7-13(20-4)10(2)9-12/h6-7,9,11,16H,5,8H2,1-4H3,(H,15,17)/t11-/m0/s1. The molecule has 0 aromatic heterocycles. The first-order chi connectivity index (χ1) is 9.81. The Labute approximate surface area is 125 Å². The normalized spacial score (nSPS) is 12.8. The maximum Gasteiger partial charge on any atom is 0.241 e. The van der Waals surface area contributed by atoms with Crippen LogP contribution in [0, 0.1) is 6.92 Å². The quantitative estimate of drug-likeness (QED) is 0.792. The van der Waals surface area contributed by atoms with Crippen LogP contribution in [0.25, 0.3) is 0 Å². The molecule has 0 aliphatic carbocycles. The molecule has 0 heterocycles. The Balaban J connectivity index is 2.86. The Morgan fingerprint density at radius 2 is 2.05 bits per heavy atom. The molecular weight excluding hydrogens is 292 g/mol. The third-order valence-corrected chi connectivity index (χ3v) is 4.49. The maximum absolute atomic E-state index is 12.2. The van der Waals surface area contributed by atoms with Crippen LogP contribution in [-0.4, -0.2) is 34.0 Å². The van der Waals surface area contributed by atoms with Gasteiger partial charge in [-0.25, -0.2) is 8.42 Å². The van der Waals surface area contributed by atoms with Crippen molar-refractivity contribution in [1.82, 2.24) is 10.0 Å². The van der Waals surface area contributed by atoms with E-state index in [1.165, 1.54) is 26.2 Å². The van der Waals surface area contributed by atoms with Crippen molar-refractivity contribution in [2.24, 2.45) is 0 Å². The van der Waals surface area contributed by atoms with E-state index in [0.717, 1.165) is 6.42 Å². The Bertz CT molecular complexity index is 599. The fraction of sp³-hybridized carbons (Fsp3) is 0.500. The van der Waals surface area contributed by atoms with Gasteiger partial charge in [-0.1, -0.05) is 6.92 Å². The number of rotatable bonds is 7. The lowest BCUT2D eigenvalue weighted by Gasteiger charge is -2.15. The van der Waals surface area contributed by atoms with Crippen molar-refractivity contribution in [3.05, 3.63) is 23.8 Å². The summed E-state index contributed by atoms with van der Waals surface area (Å²) in [6.45, 7) is 5.72. The molecule has 7 heteroatoms. The van der Waals surface area contributed by atoms with Crippen LogP contribution in [0.2, 0.25) is 0 Å². The largest absolute Gasteiger partial charge is 0.496 e. The summed E-state index contributed by atoms with van der Waals surface area (Å²) < 4.78 is 31.9. The smallest absolute Gasteiger partial charge is 0.241 e. The summed E-state index contributed by atoms with van der Waals surface area (Å²) in [7, 11) is -2.22. The number of carbonyl (C=O) groups excluding carboxylic acids is 1. The molecule has 6 nitrogen and oxygen atoms in total. The zero-order valence-electron chi connectivity index (χ0n) is 12.8. The zero-order valence-corrected chi connectivity index (χ0v) is 13.6. The summed E-state index contributed by atoms with van der Waals surface area (Å²) in [5, 5.41) is 2.65. The van der Waals surface area contributed by atoms with Crippen LogP contribution >= 0.6 is 0 Å². The van der Waals surface area contributed by atoms with Crippen molar-refractivity contribution in [2.75, 3.05) is 13.7 Å². The van der Waals surface area contributed by atoms with Crippen LogP contribution in [-0.2, 0) is 14.8 Å². The van der Waals surface area contributed by atoms with Crippen molar-refractivity contribution < 1.29 is 17.9 Å². The van der Waals surface area contributed by atoms with E-state index >= 15 is 0 Å². The second-order valence-corrected chi connectivity index (χ2v) is 6.48. The van der Waals surface area contributed by atoms with Crippen LogP contribution in [0.3, 0.4) is 0 Å². The molecule has 118 valence electrons. The van der Waals surface area contributed by atoms with Crippen molar-refractivity contribution in [3.8, 4) is 5.75 Å². The third-order valence-electron chi connectivity index (χ3n) is 2.95. The molecular formula is C14H22N2O4S. The molecule has 0 aliphatic heterocycles. The Hall–Kier alpha value is -1.60. The van der Waals surface area contributed by atoms with Gasteiger partial charge in [-0.15, -0.1) is 0 Å². The van der Waals surface area contributed by atoms with Crippen LogP contribution < -0.4 is 14.8 Å². The summed E-state index contributed by atoms with van der Waals surface area (Å²) in [4.78, 5) is 11.8. The van der Waals surface area contributed by atoms with Gasteiger partial charge in [0.25, 0.3) is 0 Å². The van der Waals surface area contributed by atoms with Gasteiger partial charge in [-0.05, 0) is 44.0 Å². The van der Waals surface area contributed by atoms with Gasteiger partial charge in [-0.2, -0.15) is 4.72 Å². The minimum Gasteiger partial charge on any atom is -0.496 e. The number of nitrogens with one attached hydrogen (secondary N) is 2. The molecule has 0 aliphatic rings. The lowest BCUT2D eigenvalue weighted by atomic mass is 10.2. The number of hydrogen-bond acceptors (Lipinski definition) is 4. The summed E-state index contributed by atoms with van der Waals surface area (Å²) in [5.74, 6) is 0.272. The van der Waals surface area contributed by atoms with Crippen molar-refractivity contribution >= 4 is 15.9 Å². The number of benzene rings is 1. The van der Waals surface area contributed by atoms with Crippen molar-refractivity contribution in [2.45, 2.75) is 38.1 Å². The summed E-state index contributed by atoms with van der Waals surface area (Å²) in [6, 6.07) is 3.72. The second kappa shape index (κ2) is 7.42. The molecule has 0 fully saturated rings. The van der Waals surface area contributed by atoms with E-state index in [-0.39, 0.29) is 10.8 Å². The zero-order chi connectivity index (χ0) is 16.0. The van der Waals surface area contributed by atoms with E-state index in [2.05, 4.69) is 10.0 Å². The highest BCUT2D eigenvalue weighted by atomic mass is 32.2. The molecule has 0 bridgehead atoms. The number of hydrogen-bond donors (Lipinski definition) is 2. The lowest BCUT2D eigenvalue weighted by Crippen LogP contribution is -2.44. The van der Waals surface area contributed by atoms with E-state index in [0.29, 0.717) is 17.9 Å². The predicted molar refractivity (Wildman–Crippen MR) is 80.8 cm³/mol. The molecule has 0 unspecified atom stereocenters. The van der Waals surface area contributed by atoms with Gasteiger partial charge in [0, 0.05) is 6.54 Å². The number of ether oxygens (including phenoxy) is 1. The van der Waals surface area contributed by atoms with E-state index < -0.39 is 16.1 Å². The van der Waals surface area contributed by atoms with Crippen LogP contribution in [0.5, 0.6) is 5.75 Å². The Morgan fingerprint density at radius 3 is 2.57 bits per heavy atom. The van der Waals surface area contributed by atoms with Gasteiger partial charge < -0.3 is 10.1 Å². The molecule has 0 saturated heterocycles. The minimum atomic E-state index is -3.74. The molecule has 1 rings (SSSR count).